The molecule has 0 radical (unpaired) electrons. The van der Waals surface area contributed by atoms with Crippen molar-refractivity contribution < 1.29 is 23.8 Å². The highest BCUT2D eigenvalue weighted by Gasteiger charge is 2.47. The molecule has 0 aliphatic heterocycles. The first kappa shape index (κ1) is 13.6. The summed E-state index contributed by atoms with van der Waals surface area (Å²) in [6.45, 7) is 3.89. The molecule has 1 rings (SSSR count). The van der Waals surface area contributed by atoms with Crippen LogP contribution in [0.15, 0.2) is 18.2 Å². The maximum absolute atomic E-state index is 13.1. The van der Waals surface area contributed by atoms with Gasteiger partial charge in [0.05, 0.1) is 5.41 Å². The van der Waals surface area contributed by atoms with Crippen molar-refractivity contribution in [1.82, 2.24) is 0 Å². The Kier molecular flexibility index (Phi) is 3.25. The number of benzene rings is 1. The molecule has 1 aromatic rings. The Morgan fingerprint density at radius 1 is 1.18 bits per heavy atom. The third-order valence-electron chi connectivity index (χ3n) is 3.23. The third-order valence-corrected chi connectivity index (χ3v) is 3.23. The van der Waals surface area contributed by atoms with E-state index in [2.05, 4.69) is 0 Å². The van der Waals surface area contributed by atoms with Crippen LogP contribution in [0.1, 0.15) is 26.3 Å². The molecule has 0 aromatic heterocycles. The van der Waals surface area contributed by atoms with Gasteiger partial charge in [-0.2, -0.15) is 0 Å². The molecule has 3 nitrogen and oxygen atoms in total. The lowest BCUT2D eigenvalue weighted by Gasteiger charge is -2.36. The van der Waals surface area contributed by atoms with Gasteiger partial charge in [-0.05, 0) is 38.5 Å². The molecule has 0 heterocycles. The standard InChI is InChI=1S/C12H14F2O3/c1-11(2,10(15)16)12(3,17)7-4-5-8(13)9(14)6-7/h4-6,17H,1-3H3,(H,15,16). The predicted molar refractivity (Wildman–Crippen MR) is 57.3 cm³/mol. The average Bonchev–Trinajstić information content (AvgIpc) is 2.21. The zero-order valence-electron chi connectivity index (χ0n) is 9.79. The SMILES string of the molecule is CC(C)(C(=O)O)C(C)(O)c1ccc(F)c(F)c1. The van der Waals surface area contributed by atoms with Crippen molar-refractivity contribution in [2.75, 3.05) is 0 Å². The number of carboxylic acid groups (broad SMARTS) is 1. The van der Waals surface area contributed by atoms with E-state index in [9.17, 15) is 18.7 Å². The minimum Gasteiger partial charge on any atom is -0.481 e. The summed E-state index contributed by atoms with van der Waals surface area (Å²) >= 11 is 0. The molecule has 94 valence electrons. The smallest absolute Gasteiger partial charge is 0.312 e. The quantitative estimate of drug-likeness (QED) is 0.857. The molecule has 2 N–H and O–H groups in total. The van der Waals surface area contributed by atoms with E-state index < -0.39 is 28.6 Å². The van der Waals surface area contributed by atoms with Gasteiger partial charge < -0.3 is 10.2 Å². The van der Waals surface area contributed by atoms with Crippen molar-refractivity contribution in [3.8, 4) is 0 Å². The van der Waals surface area contributed by atoms with Gasteiger partial charge in [0.2, 0.25) is 0 Å². The molecule has 1 atom stereocenters. The molecule has 1 aromatic carbocycles. The van der Waals surface area contributed by atoms with Gasteiger partial charge in [-0.3, -0.25) is 4.79 Å². The Hall–Kier alpha value is -1.49. The lowest BCUT2D eigenvalue weighted by molar-refractivity contribution is -0.164. The van der Waals surface area contributed by atoms with Crippen LogP contribution < -0.4 is 0 Å². The number of halogens is 2. The van der Waals surface area contributed by atoms with Gasteiger partial charge in [0.1, 0.15) is 5.60 Å². The van der Waals surface area contributed by atoms with Gasteiger partial charge in [0.25, 0.3) is 0 Å². The highest BCUT2D eigenvalue weighted by Crippen LogP contribution is 2.39. The molecule has 0 aliphatic carbocycles. The minimum absolute atomic E-state index is 0.0174. The van der Waals surface area contributed by atoms with Crippen molar-refractivity contribution in [3.05, 3.63) is 35.4 Å². The van der Waals surface area contributed by atoms with Crippen LogP contribution in [0.3, 0.4) is 0 Å². The Labute approximate surface area is 97.7 Å². The monoisotopic (exact) mass is 244 g/mol. The second-order valence-electron chi connectivity index (χ2n) is 4.63. The van der Waals surface area contributed by atoms with Crippen molar-refractivity contribution in [1.29, 1.82) is 0 Å². The Bertz CT molecular complexity index is 453. The van der Waals surface area contributed by atoms with Crippen molar-refractivity contribution in [3.63, 3.8) is 0 Å². The topological polar surface area (TPSA) is 57.5 Å². The second kappa shape index (κ2) is 4.07. The molecule has 0 aliphatic rings. The van der Waals surface area contributed by atoms with E-state index in [0.29, 0.717) is 0 Å². The molecule has 0 amide bonds. The zero-order valence-corrected chi connectivity index (χ0v) is 9.79. The molecule has 1 unspecified atom stereocenters. The van der Waals surface area contributed by atoms with Gasteiger partial charge in [0.15, 0.2) is 11.6 Å². The van der Waals surface area contributed by atoms with Crippen LogP contribution in [0.2, 0.25) is 0 Å². The lowest BCUT2D eigenvalue weighted by Crippen LogP contribution is -2.45. The summed E-state index contributed by atoms with van der Waals surface area (Å²) in [5.41, 5.74) is -3.33. The first-order valence-electron chi connectivity index (χ1n) is 5.02. The van der Waals surface area contributed by atoms with Crippen LogP contribution in [0.25, 0.3) is 0 Å². The summed E-state index contributed by atoms with van der Waals surface area (Å²) in [6, 6.07) is 2.83. The van der Waals surface area contributed by atoms with E-state index >= 15 is 0 Å². The average molecular weight is 244 g/mol. The molecule has 0 spiro atoms. The van der Waals surface area contributed by atoms with Gasteiger partial charge >= 0.3 is 5.97 Å². The zero-order chi connectivity index (χ0) is 13.4. The summed E-state index contributed by atoms with van der Waals surface area (Å²) < 4.78 is 25.8. The Morgan fingerprint density at radius 3 is 2.12 bits per heavy atom. The second-order valence-corrected chi connectivity index (χ2v) is 4.63. The van der Waals surface area contributed by atoms with E-state index in [1.807, 2.05) is 0 Å². The Morgan fingerprint density at radius 2 is 1.71 bits per heavy atom. The van der Waals surface area contributed by atoms with Gasteiger partial charge in [0, 0.05) is 0 Å². The van der Waals surface area contributed by atoms with E-state index in [4.69, 9.17) is 5.11 Å². The number of hydrogen-bond acceptors (Lipinski definition) is 2. The molecule has 17 heavy (non-hydrogen) atoms. The number of hydrogen-bond donors (Lipinski definition) is 2. The van der Waals surface area contributed by atoms with Gasteiger partial charge in [-0.1, -0.05) is 6.07 Å². The summed E-state index contributed by atoms with van der Waals surface area (Å²) in [4.78, 5) is 11.1. The summed E-state index contributed by atoms with van der Waals surface area (Å²) in [5.74, 6) is -3.39. The van der Waals surface area contributed by atoms with Crippen LogP contribution in [0, 0.1) is 17.0 Å². The largest absolute Gasteiger partial charge is 0.481 e. The van der Waals surface area contributed by atoms with Crippen LogP contribution in [0.5, 0.6) is 0 Å². The van der Waals surface area contributed by atoms with Crippen molar-refractivity contribution >= 4 is 5.97 Å². The van der Waals surface area contributed by atoms with Crippen LogP contribution >= 0.6 is 0 Å². The fourth-order valence-corrected chi connectivity index (χ4v) is 1.37. The summed E-state index contributed by atoms with van der Waals surface area (Å²) in [6.07, 6.45) is 0. The molecule has 5 heteroatoms. The number of carbonyl (C=O) groups is 1. The molecule has 0 fully saturated rings. The maximum atomic E-state index is 13.1. The highest BCUT2D eigenvalue weighted by molar-refractivity contribution is 5.75. The number of carboxylic acids is 1. The number of rotatable bonds is 3. The number of aliphatic hydroxyl groups is 1. The van der Waals surface area contributed by atoms with Crippen LogP contribution in [0.4, 0.5) is 8.78 Å². The third kappa shape index (κ3) is 2.15. The molecule has 0 saturated carbocycles. The fraction of sp³-hybridized carbons (Fsp3) is 0.417. The summed E-state index contributed by atoms with van der Waals surface area (Å²) in [7, 11) is 0. The first-order valence-corrected chi connectivity index (χ1v) is 5.02. The predicted octanol–water partition coefficient (Wildman–Crippen LogP) is 2.28. The van der Waals surface area contributed by atoms with E-state index in [1.165, 1.54) is 26.8 Å². The Balaban J connectivity index is 3.30. The van der Waals surface area contributed by atoms with E-state index in [1.54, 1.807) is 0 Å². The highest BCUT2D eigenvalue weighted by atomic mass is 19.2. The molecule has 0 saturated heterocycles. The minimum atomic E-state index is -1.81. The van der Waals surface area contributed by atoms with Gasteiger partial charge in [-0.25, -0.2) is 8.78 Å². The number of aliphatic carboxylic acids is 1. The summed E-state index contributed by atoms with van der Waals surface area (Å²) in [5, 5.41) is 19.3. The molecular weight excluding hydrogens is 230 g/mol. The van der Waals surface area contributed by atoms with E-state index in [0.717, 1.165) is 12.1 Å². The normalized spacial score (nSPS) is 15.4. The van der Waals surface area contributed by atoms with E-state index in [-0.39, 0.29) is 5.56 Å². The van der Waals surface area contributed by atoms with Crippen LogP contribution in [-0.2, 0) is 10.4 Å². The van der Waals surface area contributed by atoms with Gasteiger partial charge in [-0.15, -0.1) is 0 Å². The first-order chi connectivity index (χ1) is 7.60. The molecular formula is C12H14F2O3. The van der Waals surface area contributed by atoms with Crippen LogP contribution in [-0.4, -0.2) is 16.2 Å². The fourth-order valence-electron chi connectivity index (χ4n) is 1.37. The van der Waals surface area contributed by atoms with Crippen molar-refractivity contribution in [2.24, 2.45) is 5.41 Å². The maximum Gasteiger partial charge on any atom is 0.312 e. The lowest BCUT2D eigenvalue weighted by atomic mass is 9.72. The molecule has 0 bridgehead atoms. The van der Waals surface area contributed by atoms with Crippen molar-refractivity contribution in [2.45, 2.75) is 26.4 Å².